The standard InChI is InChI=1S/C26H28N6O2/c33-25(31-14-12-30(13-15-31)11-10-20-16-27-19-29-20)18-32(21-6-2-1-3-7-21)26(34)23-17-28-24-9-5-4-8-22(23)24/h1-9,16-17,19,28H,10-15,18H2,(H,27,29). The van der Waals surface area contributed by atoms with Crippen molar-refractivity contribution in [1.29, 1.82) is 0 Å². The Morgan fingerprint density at radius 1 is 0.941 bits per heavy atom. The number of hydrogen-bond acceptors (Lipinski definition) is 4. The summed E-state index contributed by atoms with van der Waals surface area (Å²) in [6, 6.07) is 17.1. The molecular formula is C26H28N6O2. The molecule has 0 bridgehead atoms. The van der Waals surface area contributed by atoms with Gasteiger partial charge < -0.3 is 14.9 Å². The Kier molecular flexibility index (Phi) is 6.40. The van der Waals surface area contributed by atoms with Crippen LogP contribution in [0.3, 0.4) is 0 Å². The summed E-state index contributed by atoms with van der Waals surface area (Å²) in [5.74, 6) is -0.222. The molecule has 5 rings (SSSR count). The van der Waals surface area contributed by atoms with Crippen LogP contribution in [0.2, 0.25) is 0 Å². The number of nitrogens with zero attached hydrogens (tertiary/aromatic N) is 4. The van der Waals surface area contributed by atoms with E-state index in [2.05, 4.69) is 19.9 Å². The van der Waals surface area contributed by atoms with E-state index in [-0.39, 0.29) is 18.4 Å². The number of hydrogen-bond donors (Lipinski definition) is 2. The number of anilines is 1. The van der Waals surface area contributed by atoms with Crippen LogP contribution in [-0.2, 0) is 11.2 Å². The maximum absolute atomic E-state index is 13.6. The molecule has 34 heavy (non-hydrogen) atoms. The molecule has 0 aliphatic carbocycles. The first kappa shape index (κ1) is 21.9. The monoisotopic (exact) mass is 456 g/mol. The fourth-order valence-electron chi connectivity index (χ4n) is 4.44. The number of benzene rings is 2. The predicted octanol–water partition coefficient (Wildman–Crippen LogP) is 2.92. The molecule has 0 unspecified atom stereocenters. The molecule has 8 nitrogen and oxygen atoms in total. The van der Waals surface area contributed by atoms with E-state index in [1.54, 1.807) is 17.4 Å². The van der Waals surface area contributed by atoms with Gasteiger partial charge >= 0.3 is 0 Å². The van der Waals surface area contributed by atoms with Gasteiger partial charge in [-0.2, -0.15) is 0 Å². The summed E-state index contributed by atoms with van der Waals surface area (Å²) in [5.41, 5.74) is 3.30. The van der Waals surface area contributed by atoms with Gasteiger partial charge in [-0.25, -0.2) is 4.98 Å². The van der Waals surface area contributed by atoms with E-state index in [9.17, 15) is 9.59 Å². The van der Waals surface area contributed by atoms with Crippen LogP contribution in [0.25, 0.3) is 10.9 Å². The van der Waals surface area contributed by atoms with E-state index in [4.69, 9.17) is 0 Å². The Morgan fingerprint density at radius 2 is 1.71 bits per heavy atom. The Bertz CT molecular complexity index is 1240. The summed E-state index contributed by atoms with van der Waals surface area (Å²) >= 11 is 0. The van der Waals surface area contributed by atoms with Crippen molar-refractivity contribution in [2.45, 2.75) is 6.42 Å². The summed E-state index contributed by atoms with van der Waals surface area (Å²) in [5, 5.41) is 0.853. The Hall–Kier alpha value is -3.91. The lowest BCUT2D eigenvalue weighted by molar-refractivity contribution is -0.131. The lowest BCUT2D eigenvalue weighted by Crippen LogP contribution is -2.52. The van der Waals surface area contributed by atoms with Gasteiger partial charge in [-0.3, -0.25) is 19.4 Å². The van der Waals surface area contributed by atoms with Crippen LogP contribution in [0.1, 0.15) is 16.1 Å². The van der Waals surface area contributed by atoms with E-state index in [0.717, 1.165) is 42.7 Å². The van der Waals surface area contributed by atoms with Crippen molar-refractivity contribution < 1.29 is 9.59 Å². The fraction of sp³-hybridized carbons (Fsp3) is 0.269. The number of H-pyrrole nitrogens is 2. The number of nitrogens with one attached hydrogen (secondary N) is 2. The van der Waals surface area contributed by atoms with Crippen LogP contribution in [0.5, 0.6) is 0 Å². The van der Waals surface area contributed by atoms with Gasteiger partial charge in [0.05, 0.1) is 11.9 Å². The molecule has 8 heteroatoms. The molecular weight excluding hydrogens is 428 g/mol. The van der Waals surface area contributed by atoms with Gasteiger partial charge in [-0.05, 0) is 18.2 Å². The Morgan fingerprint density at radius 3 is 2.47 bits per heavy atom. The third-order valence-electron chi connectivity index (χ3n) is 6.40. The minimum Gasteiger partial charge on any atom is -0.360 e. The Labute approximate surface area is 198 Å². The molecule has 0 spiro atoms. The number of rotatable bonds is 7. The van der Waals surface area contributed by atoms with Crippen LogP contribution in [0, 0.1) is 0 Å². The molecule has 4 aromatic rings. The number of imidazole rings is 1. The quantitative estimate of drug-likeness (QED) is 0.448. The summed E-state index contributed by atoms with van der Waals surface area (Å²) in [6.07, 6.45) is 6.19. The number of aromatic nitrogens is 3. The second kappa shape index (κ2) is 9.93. The lowest BCUT2D eigenvalue weighted by atomic mass is 10.1. The van der Waals surface area contributed by atoms with Crippen LogP contribution >= 0.6 is 0 Å². The van der Waals surface area contributed by atoms with Crippen molar-refractivity contribution in [2.75, 3.05) is 44.2 Å². The largest absolute Gasteiger partial charge is 0.360 e. The second-order valence-electron chi connectivity index (χ2n) is 8.52. The fourth-order valence-corrected chi connectivity index (χ4v) is 4.44. The number of amides is 2. The minimum atomic E-state index is -0.185. The zero-order valence-corrected chi connectivity index (χ0v) is 19.0. The number of carbonyl (C=O) groups excluding carboxylic acids is 2. The molecule has 2 amide bonds. The van der Waals surface area contributed by atoms with Crippen LogP contribution < -0.4 is 4.90 Å². The van der Waals surface area contributed by atoms with Gasteiger partial charge in [0.2, 0.25) is 5.91 Å². The van der Waals surface area contributed by atoms with E-state index in [0.29, 0.717) is 24.3 Å². The molecule has 0 atom stereocenters. The average Bonchev–Trinajstić information content (AvgIpc) is 3.56. The summed E-state index contributed by atoms with van der Waals surface area (Å²) in [6.45, 7) is 3.90. The molecule has 1 saturated heterocycles. The number of aromatic amines is 2. The topological polar surface area (TPSA) is 88.3 Å². The smallest absolute Gasteiger partial charge is 0.260 e. The third kappa shape index (κ3) is 4.72. The normalized spacial score (nSPS) is 14.4. The van der Waals surface area contributed by atoms with Crippen molar-refractivity contribution in [2.24, 2.45) is 0 Å². The SMILES string of the molecule is O=C(CN(C(=O)c1c[nH]c2ccccc12)c1ccccc1)N1CCN(CCc2cnc[nH]2)CC1. The average molecular weight is 457 g/mol. The second-order valence-corrected chi connectivity index (χ2v) is 8.52. The molecule has 174 valence electrons. The number of para-hydroxylation sites is 2. The van der Waals surface area contributed by atoms with Crippen LogP contribution in [0.4, 0.5) is 5.69 Å². The highest BCUT2D eigenvalue weighted by molar-refractivity contribution is 6.15. The van der Waals surface area contributed by atoms with Gasteiger partial charge in [0.1, 0.15) is 6.54 Å². The van der Waals surface area contributed by atoms with Gasteiger partial charge in [0, 0.05) is 73.8 Å². The number of fused-ring (bicyclic) bond motifs is 1. The van der Waals surface area contributed by atoms with Crippen molar-refractivity contribution in [3.05, 3.63) is 84.6 Å². The zero-order valence-electron chi connectivity index (χ0n) is 19.0. The number of piperazine rings is 1. The van der Waals surface area contributed by atoms with Crippen LogP contribution in [0.15, 0.2) is 73.3 Å². The summed E-state index contributed by atoms with van der Waals surface area (Å²) in [7, 11) is 0. The molecule has 1 aliphatic heterocycles. The minimum absolute atomic E-state index is 0.0104. The lowest BCUT2D eigenvalue weighted by Gasteiger charge is -2.35. The van der Waals surface area contributed by atoms with Gasteiger partial charge in [0.25, 0.3) is 5.91 Å². The maximum atomic E-state index is 13.6. The first-order chi connectivity index (χ1) is 16.7. The molecule has 1 fully saturated rings. The third-order valence-corrected chi connectivity index (χ3v) is 6.40. The molecule has 2 aromatic carbocycles. The molecule has 1 aliphatic rings. The Balaban J connectivity index is 1.26. The summed E-state index contributed by atoms with van der Waals surface area (Å²) < 4.78 is 0. The van der Waals surface area contributed by atoms with Gasteiger partial charge in [-0.15, -0.1) is 0 Å². The molecule has 2 aromatic heterocycles. The summed E-state index contributed by atoms with van der Waals surface area (Å²) in [4.78, 5) is 43.0. The zero-order chi connectivity index (χ0) is 23.3. The van der Waals surface area contributed by atoms with Gasteiger partial charge in [0.15, 0.2) is 0 Å². The molecule has 0 radical (unpaired) electrons. The van der Waals surface area contributed by atoms with Crippen LogP contribution in [-0.4, -0.2) is 75.8 Å². The first-order valence-electron chi connectivity index (χ1n) is 11.6. The van der Waals surface area contributed by atoms with E-state index < -0.39 is 0 Å². The number of carbonyl (C=O) groups is 2. The van der Waals surface area contributed by atoms with Crippen molar-refractivity contribution in [3.8, 4) is 0 Å². The molecule has 2 N–H and O–H groups in total. The molecule has 3 heterocycles. The van der Waals surface area contributed by atoms with Crippen molar-refractivity contribution in [3.63, 3.8) is 0 Å². The highest BCUT2D eigenvalue weighted by Crippen LogP contribution is 2.23. The highest BCUT2D eigenvalue weighted by Gasteiger charge is 2.27. The maximum Gasteiger partial charge on any atom is 0.260 e. The van der Waals surface area contributed by atoms with E-state index in [1.165, 1.54) is 0 Å². The van der Waals surface area contributed by atoms with E-state index >= 15 is 0 Å². The first-order valence-corrected chi connectivity index (χ1v) is 11.6. The van der Waals surface area contributed by atoms with Gasteiger partial charge in [-0.1, -0.05) is 36.4 Å². The predicted molar refractivity (Wildman–Crippen MR) is 132 cm³/mol. The van der Waals surface area contributed by atoms with Crippen molar-refractivity contribution >= 4 is 28.4 Å². The van der Waals surface area contributed by atoms with Crippen molar-refractivity contribution in [1.82, 2.24) is 24.8 Å². The molecule has 0 saturated carbocycles. The highest BCUT2D eigenvalue weighted by atomic mass is 16.2. The van der Waals surface area contributed by atoms with E-state index in [1.807, 2.05) is 65.7 Å².